The average molecular weight is 326 g/mol. The number of nitrogen functional groups attached to an aromatic ring is 1. The van der Waals surface area contributed by atoms with Crippen LogP contribution < -0.4 is 16.6 Å². The smallest absolute Gasteiger partial charge is 0.257 e. The van der Waals surface area contributed by atoms with Gasteiger partial charge in [0.1, 0.15) is 0 Å². The van der Waals surface area contributed by atoms with Crippen molar-refractivity contribution in [2.24, 2.45) is 5.92 Å². The van der Waals surface area contributed by atoms with Gasteiger partial charge in [-0.15, -0.1) is 0 Å². The Kier molecular flexibility index (Phi) is 4.73. The number of hydrazine groups is 1. The Bertz CT molecular complexity index is 720. The van der Waals surface area contributed by atoms with E-state index in [2.05, 4.69) is 33.0 Å². The summed E-state index contributed by atoms with van der Waals surface area (Å²) >= 11 is 0. The van der Waals surface area contributed by atoms with Crippen molar-refractivity contribution in [1.29, 1.82) is 0 Å². The zero-order valence-corrected chi connectivity index (χ0v) is 13.9. The lowest BCUT2D eigenvalue weighted by Gasteiger charge is -2.25. The highest BCUT2D eigenvalue weighted by Gasteiger charge is 2.30. The van der Waals surface area contributed by atoms with Crippen molar-refractivity contribution in [2.45, 2.75) is 13.0 Å². The van der Waals surface area contributed by atoms with E-state index in [-0.39, 0.29) is 23.8 Å². The number of hydrogen-bond donors (Lipinski definition) is 3. The monoisotopic (exact) mass is 326 g/mol. The van der Waals surface area contributed by atoms with Crippen LogP contribution in [0.5, 0.6) is 0 Å². The molecule has 1 aliphatic heterocycles. The molecular formula is C17H22N6O. The number of nitrogens with two attached hydrogens (primary N) is 1. The van der Waals surface area contributed by atoms with Crippen LogP contribution in [-0.4, -0.2) is 40.9 Å². The van der Waals surface area contributed by atoms with E-state index in [1.807, 2.05) is 18.2 Å². The Balaban J connectivity index is 1.71. The lowest BCUT2D eigenvalue weighted by atomic mass is 9.94. The molecule has 2 unspecified atom stereocenters. The van der Waals surface area contributed by atoms with E-state index in [0.717, 1.165) is 6.54 Å². The highest BCUT2D eigenvalue weighted by atomic mass is 16.2. The third-order valence-electron chi connectivity index (χ3n) is 4.34. The van der Waals surface area contributed by atoms with Gasteiger partial charge in [0, 0.05) is 32.3 Å². The summed E-state index contributed by atoms with van der Waals surface area (Å²) in [6.45, 7) is 3.20. The second kappa shape index (κ2) is 6.94. The summed E-state index contributed by atoms with van der Waals surface area (Å²) < 4.78 is 0. The Morgan fingerprint density at radius 2 is 2.12 bits per heavy atom. The van der Waals surface area contributed by atoms with E-state index in [9.17, 15) is 4.79 Å². The van der Waals surface area contributed by atoms with Crippen molar-refractivity contribution in [3.05, 3.63) is 53.3 Å². The number of nitrogens with zero attached hydrogens (tertiary/aromatic N) is 3. The van der Waals surface area contributed by atoms with Gasteiger partial charge in [0.05, 0.1) is 17.3 Å². The fourth-order valence-corrected chi connectivity index (χ4v) is 3.06. The molecule has 2 heterocycles. The molecule has 1 aliphatic rings. The zero-order valence-electron chi connectivity index (χ0n) is 13.9. The van der Waals surface area contributed by atoms with Crippen molar-refractivity contribution in [3.63, 3.8) is 0 Å². The van der Waals surface area contributed by atoms with Crippen molar-refractivity contribution in [1.82, 2.24) is 25.7 Å². The van der Waals surface area contributed by atoms with E-state index >= 15 is 0 Å². The Hall–Kier alpha value is -2.51. The van der Waals surface area contributed by atoms with Gasteiger partial charge in [0.15, 0.2) is 0 Å². The van der Waals surface area contributed by atoms with Crippen LogP contribution >= 0.6 is 0 Å². The minimum absolute atomic E-state index is 0.0915. The first-order chi connectivity index (χ1) is 11.6. The van der Waals surface area contributed by atoms with Gasteiger partial charge in [-0.25, -0.2) is 15.4 Å². The normalized spacial score (nSPS) is 20.1. The number of rotatable bonds is 4. The molecule has 126 valence electrons. The Labute approximate surface area is 141 Å². The molecule has 4 N–H and O–H groups in total. The largest absolute Gasteiger partial charge is 0.368 e. The molecule has 0 spiro atoms. The van der Waals surface area contributed by atoms with Gasteiger partial charge >= 0.3 is 0 Å². The SMILES string of the molecule is Cc1nc(N)ncc1C(=O)N(C)CC1CNNC1c1ccccc1. The molecule has 3 rings (SSSR count). The number of benzene rings is 1. The maximum absolute atomic E-state index is 12.7. The third kappa shape index (κ3) is 3.37. The van der Waals surface area contributed by atoms with Crippen molar-refractivity contribution in [2.75, 3.05) is 25.9 Å². The lowest BCUT2D eigenvalue weighted by molar-refractivity contribution is 0.0769. The number of aryl methyl sites for hydroxylation is 1. The first kappa shape index (κ1) is 16.4. The standard InChI is InChI=1S/C17H22N6O/c1-11-14(9-19-17(18)21-11)16(24)23(2)10-13-8-20-22-15(13)12-6-4-3-5-7-12/h3-7,9,13,15,20,22H,8,10H2,1-2H3,(H2,18,19,21). The maximum atomic E-state index is 12.7. The predicted octanol–water partition coefficient (Wildman–Crippen LogP) is 0.905. The average Bonchev–Trinajstić information content (AvgIpc) is 3.03. The van der Waals surface area contributed by atoms with E-state index in [4.69, 9.17) is 5.73 Å². The summed E-state index contributed by atoms with van der Waals surface area (Å²) in [5, 5.41) is 0. The van der Waals surface area contributed by atoms with Gasteiger partial charge in [-0.2, -0.15) is 0 Å². The Morgan fingerprint density at radius 1 is 1.38 bits per heavy atom. The lowest BCUT2D eigenvalue weighted by Crippen LogP contribution is -2.35. The summed E-state index contributed by atoms with van der Waals surface area (Å²) in [5.41, 5.74) is 14.3. The van der Waals surface area contributed by atoms with E-state index in [0.29, 0.717) is 17.8 Å². The minimum atomic E-state index is -0.0915. The van der Waals surface area contributed by atoms with Crippen LogP contribution in [0, 0.1) is 12.8 Å². The Morgan fingerprint density at radius 3 is 2.83 bits per heavy atom. The van der Waals surface area contributed by atoms with Gasteiger partial charge in [-0.3, -0.25) is 10.2 Å². The van der Waals surface area contributed by atoms with Crippen LogP contribution in [0.1, 0.15) is 27.7 Å². The minimum Gasteiger partial charge on any atom is -0.368 e. The number of carbonyl (C=O) groups excluding carboxylic acids is 1. The highest BCUT2D eigenvalue weighted by molar-refractivity contribution is 5.94. The summed E-state index contributed by atoms with van der Waals surface area (Å²) in [7, 11) is 1.80. The topological polar surface area (TPSA) is 96.2 Å². The molecule has 7 nitrogen and oxygen atoms in total. The summed E-state index contributed by atoms with van der Waals surface area (Å²) in [4.78, 5) is 22.4. The molecule has 1 aromatic carbocycles. The quantitative estimate of drug-likeness (QED) is 0.773. The van der Waals surface area contributed by atoms with Crippen LogP contribution in [0.4, 0.5) is 5.95 Å². The summed E-state index contributed by atoms with van der Waals surface area (Å²) in [5.74, 6) is 0.364. The molecule has 0 aliphatic carbocycles. The van der Waals surface area contributed by atoms with E-state index < -0.39 is 0 Å². The summed E-state index contributed by atoms with van der Waals surface area (Å²) in [6, 6.07) is 10.4. The summed E-state index contributed by atoms with van der Waals surface area (Å²) in [6.07, 6.45) is 1.50. The number of carbonyl (C=O) groups is 1. The number of anilines is 1. The fraction of sp³-hybridized carbons (Fsp3) is 0.353. The first-order valence-electron chi connectivity index (χ1n) is 7.94. The third-order valence-corrected chi connectivity index (χ3v) is 4.34. The van der Waals surface area contributed by atoms with Gasteiger partial charge < -0.3 is 10.6 Å². The second-order valence-corrected chi connectivity index (χ2v) is 6.09. The molecular weight excluding hydrogens is 304 g/mol. The van der Waals surface area contributed by atoms with Gasteiger partial charge in [0.25, 0.3) is 5.91 Å². The highest BCUT2D eigenvalue weighted by Crippen LogP contribution is 2.25. The van der Waals surface area contributed by atoms with Crippen LogP contribution in [0.25, 0.3) is 0 Å². The molecule has 0 saturated carbocycles. The molecule has 1 amide bonds. The maximum Gasteiger partial charge on any atom is 0.257 e. The van der Waals surface area contributed by atoms with Crippen LogP contribution in [0.15, 0.2) is 36.5 Å². The molecule has 0 radical (unpaired) electrons. The van der Waals surface area contributed by atoms with E-state index in [1.165, 1.54) is 11.8 Å². The van der Waals surface area contributed by atoms with Crippen molar-refractivity contribution >= 4 is 11.9 Å². The molecule has 0 bridgehead atoms. The molecule has 7 heteroatoms. The molecule has 1 aromatic heterocycles. The van der Waals surface area contributed by atoms with Crippen LogP contribution in [0.2, 0.25) is 0 Å². The van der Waals surface area contributed by atoms with Gasteiger partial charge in [0.2, 0.25) is 5.95 Å². The first-order valence-corrected chi connectivity index (χ1v) is 7.94. The fourth-order valence-electron chi connectivity index (χ4n) is 3.06. The van der Waals surface area contributed by atoms with E-state index in [1.54, 1.807) is 18.9 Å². The van der Waals surface area contributed by atoms with Crippen molar-refractivity contribution < 1.29 is 4.79 Å². The molecule has 1 saturated heterocycles. The number of aromatic nitrogens is 2. The number of nitrogens with one attached hydrogen (secondary N) is 2. The molecule has 24 heavy (non-hydrogen) atoms. The van der Waals surface area contributed by atoms with Gasteiger partial charge in [-0.1, -0.05) is 30.3 Å². The predicted molar refractivity (Wildman–Crippen MR) is 92.0 cm³/mol. The second-order valence-electron chi connectivity index (χ2n) is 6.09. The van der Waals surface area contributed by atoms with Gasteiger partial charge in [-0.05, 0) is 12.5 Å². The molecule has 2 aromatic rings. The molecule has 1 fully saturated rings. The number of amides is 1. The number of hydrogen-bond acceptors (Lipinski definition) is 6. The van der Waals surface area contributed by atoms with Crippen LogP contribution in [-0.2, 0) is 0 Å². The van der Waals surface area contributed by atoms with Crippen LogP contribution in [0.3, 0.4) is 0 Å². The molecule has 2 atom stereocenters. The zero-order chi connectivity index (χ0) is 17.1. The van der Waals surface area contributed by atoms with Crippen molar-refractivity contribution in [3.8, 4) is 0 Å².